The normalized spacial score (nSPS) is 8.62. The molecule has 0 spiro atoms. The van der Waals surface area contributed by atoms with E-state index >= 15 is 0 Å². The maximum absolute atomic E-state index is 8.57. The highest BCUT2D eigenvalue weighted by Gasteiger charge is 1.57. The Labute approximate surface area is 47.0 Å². The minimum Gasteiger partial charge on any atom is -0.348 e. The van der Waals surface area contributed by atoms with Crippen molar-refractivity contribution in [1.82, 2.24) is 15.4 Å². The summed E-state index contributed by atoms with van der Waals surface area (Å²) >= 11 is 0. The van der Waals surface area contributed by atoms with Gasteiger partial charge in [0.2, 0.25) is 0 Å². The first-order chi connectivity index (χ1) is 3.91. The molecule has 1 heterocycles. The molecule has 1 aromatic heterocycles. The molecule has 0 aliphatic rings. The molecule has 1 unspecified atom stereocenters. The second-order valence-corrected chi connectivity index (χ2v) is 0.977. The zero-order chi connectivity index (χ0) is 6.24. The van der Waals surface area contributed by atoms with Crippen molar-refractivity contribution in [2.24, 2.45) is 0 Å². The van der Waals surface area contributed by atoms with Crippen LogP contribution in [0.15, 0.2) is 12.4 Å². The molecular formula is C2H6N3O2P. The first-order valence-corrected chi connectivity index (χ1v) is 2.79. The zero-order valence-electron chi connectivity index (χ0n) is 3.98. The van der Waals surface area contributed by atoms with Crippen molar-refractivity contribution < 1.29 is 9.46 Å². The molecule has 0 fully saturated rings. The van der Waals surface area contributed by atoms with Gasteiger partial charge in [-0.1, -0.05) is 5.21 Å². The number of aromatic amines is 1. The summed E-state index contributed by atoms with van der Waals surface area (Å²) in [5.41, 5.74) is 0. The number of hydrogen-bond donors (Lipinski definition) is 2. The van der Waals surface area contributed by atoms with E-state index in [4.69, 9.17) is 9.46 Å². The third-order valence-corrected chi connectivity index (χ3v) is 0.331. The van der Waals surface area contributed by atoms with Gasteiger partial charge in [-0.05, 0) is 0 Å². The topological polar surface area (TPSA) is 78.9 Å². The lowest BCUT2D eigenvalue weighted by Gasteiger charge is -1.46. The van der Waals surface area contributed by atoms with E-state index in [1.807, 2.05) is 0 Å². The Kier molecular flexibility index (Phi) is 5.80. The van der Waals surface area contributed by atoms with Gasteiger partial charge in [0.25, 0.3) is 0 Å². The lowest BCUT2D eigenvalue weighted by Crippen LogP contribution is -1.61. The Morgan fingerprint density at radius 2 is 2.38 bits per heavy atom. The van der Waals surface area contributed by atoms with Crippen molar-refractivity contribution in [3.63, 3.8) is 0 Å². The van der Waals surface area contributed by atoms with Gasteiger partial charge < -0.3 is 4.89 Å². The minimum atomic E-state index is -1.50. The third kappa shape index (κ3) is 5.33. The first-order valence-electron chi connectivity index (χ1n) is 1.80. The predicted molar refractivity (Wildman–Crippen MR) is 29.0 cm³/mol. The number of hydrogen-bond acceptors (Lipinski definition) is 3. The average Bonchev–Trinajstić information content (AvgIpc) is 2.17. The summed E-state index contributed by atoms with van der Waals surface area (Å²) in [4.78, 5) is 7.10. The lowest BCUT2D eigenvalue weighted by atomic mass is 11.0. The second-order valence-electron chi connectivity index (χ2n) is 0.766. The Morgan fingerprint density at radius 3 is 2.50 bits per heavy atom. The van der Waals surface area contributed by atoms with Crippen molar-refractivity contribution in [3.8, 4) is 0 Å². The molecule has 0 radical (unpaired) electrons. The van der Waals surface area contributed by atoms with E-state index < -0.39 is 8.69 Å². The number of rotatable bonds is 0. The van der Waals surface area contributed by atoms with E-state index in [-0.39, 0.29) is 0 Å². The van der Waals surface area contributed by atoms with Crippen molar-refractivity contribution >= 4 is 8.69 Å². The van der Waals surface area contributed by atoms with Gasteiger partial charge in [0.1, 0.15) is 0 Å². The van der Waals surface area contributed by atoms with Crippen molar-refractivity contribution in [2.45, 2.75) is 0 Å². The van der Waals surface area contributed by atoms with Crippen LogP contribution in [0, 0.1) is 0 Å². The molecule has 0 aromatic carbocycles. The van der Waals surface area contributed by atoms with Crippen LogP contribution < -0.4 is 0 Å². The number of aromatic nitrogens is 3. The molecule has 1 atom stereocenters. The highest BCUT2D eigenvalue weighted by molar-refractivity contribution is 7.16. The van der Waals surface area contributed by atoms with E-state index in [9.17, 15) is 0 Å². The third-order valence-electron chi connectivity index (χ3n) is 0.331. The molecule has 6 heteroatoms. The number of nitrogens with zero attached hydrogens (tertiary/aromatic N) is 2. The standard InChI is InChI=1S/C2H3N3.H3O2P/c1-2-4-5-3-1;1-3-2/h1-2H,(H,3,4,5);3H2,(H,1,2). The fourth-order valence-corrected chi connectivity index (χ4v) is 0.167. The van der Waals surface area contributed by atoms with Gasteiger partial charge in [0.05, 0.1) is 6.20 Å². The highest BCUT2D eigenvalue weighted by Crippen LogP contribution is 1.66. The van der Waals surface area contributed by atoms with Crippen LogP contribution >= 0.6 is 8.69 Å². The van der Waals surface area contributed by atoms with Crippen LogP contribution in [0.5, 0.6) is 0 Å². The van der Waals surface area contributed by atoms with Crippen molar-refractivity contribution in [1.29, 1.82) is 0 Å². The van der Waals surface area contributed by atoms with Gasteiger partial charge in [0, 0.05) is 6.20 Å². The highest BCUT2D eigenvalue weighted by atomic mass is 31.1. The first kappa shape index (κ1) is 7.33. The van der Waals surface area contributed by atoms with Gasteiger partial charge in [-0.25, -0.2) is 0 Å². The Balaban J connectivity index is 0.000000145. The van der Waals surface area contributed by atoms with Crippen LogP contribution in [0.2, 0.25) is 0 Å². The lowest BCUT2D eigenvalue weighted by molar-refractivity contribution is 0.524. The smallest absolute Gasteiger partial charge is 0.177 e. The van der Waals surface area contributed by atoms with Crippen molar-refractivity contribution in [2.75, 3.05) is 0 Å². The summed E-state index contributed by atoms with van der Waals surface area (Å²) in [5.74, 6) is 0. The van der Waals surface area contributed by atoms with Crippen LogP contribution in [-0.4, -0.2) is 20.3 Å². The maximum atomic E-state index is 8.57. The molecule has 0 saturated carbocycles. The molecule has 2 N–H and O–H groups in total. The van der Waals surface area contributed by atoms with Gasteiger partial charge >= 0.3 is 0 Å². The molecule has 5 nitrogen and oxygen atoms in total. The molecule has 1 rings (SSSR count). The van der Waals surface area contributed by atoms with Gasteiger partial charge in [-0.3, -0.25) is 9.66 Å². The monoisotopic (exact) mass is 135 g/mol. The Morgan fingerprint density at radius 1 is 1.75 bits per heavy atom. The minimum absolute atomic E-state index is 1.50. The second kappa shape index (κ2) is 6.33. The number of H-pyrrole nitrogens is 1. The molecule has 0 aliphatic carbocycles. The summed E-state index contributed by atoms with van der Waals surface area (Å²) in [7, 11) is -1.50. The fraction of sp³-hybridized carbons (Fsp3) is 0. The largest absolute Gasteiger partial charge is 0.348 e. The van der Waals surface area contributed by atoms with Crippen LogP contribution in [0.1, 0.15) is 0 Å². The van der Waals surface area contributed by atoms with E-state index in [1.54, 1.807) is 12.4 Å². The summed E-state index contributed by atoms with van der Waals surface area (Å²) in [5, 5.41) is 9.26. The molecule has 0 aliphatic heterocycles. The van der Waals surface area contributed by atoms with E-state index in [0.717, 1.165) is 0 Å². The predicted octanol–water partition coefficient (Wildman–Crippen LogP) is -0.545. The molecular weight excluding hydrogens is 129 g/mol. The van der Waals surface area contributed by atoms with Crippen LogP contribution in [0.4, 0.5) is 0 Å². The summed E-state index contributed by atoms with van der Waals surface area (Å²) < 4.78 is 8.57. The fourth-order valence-electron chi connectivity index (χ4n) is 0.167. The van der Waals surface area contributed by atoms with Crippen LogP contribution in [0.3, 0.4) is 0 Å². The molecule has 0 amide bonds. The van der Waals surface area contributed by atoms with E-state index in [2.05, 4.69) is 15.4 Å². The SMILES string of the molecule is O=[PH2]O.c1c[nH]nn1. The van der Waals surface area contributed by atoms with Crippen LogP contribution in [0.25, 0.3) is 0 Å². The van der Waals surface area contributed by atoms with Gasteiger partial charge in [-0.15, -0.1) is 5.10 Å². The van der Waals surface area contributed by atoms with Crippen molar-refractivity contribution in [3.05, 3.63) is 12.4 Å². The molecule has 0 saturated heterocycles. The van der Waals surface area contributed by atoms with E-state index in [0.29, 0.717) is 0 Å². The zero-order valence-corrected chi connectivity index (χ0v) is 5.14. The summed E-state index contributed by atoms with van der Waals surface area (Å²) in [6.45, 7) is 0. The van der Waals surface area contributed by atoms with Gasteiger partial charge in [-0.2, -0.15) is 0 Å². The summed E-state index contributed by atoms with van der Waals surface area (Å²) in [6.07, 6.45) is 3.24. The molecule has 1 aromatic rings. The van der Waals surface area contributed by atoms with Gasteiger partial charge in [0.15, 0.2) is 8.69 Å². The van der Waals surface area contributed by atoms with E-state index in [1.165, 1.54) is 0 Å². The molecule has 8 heavy (non-hydrogen) atoms. The quantitative estimate of drug-likeness (QED) is 0.468. The Hall–Kier alpha value is -0.670. The van der Waals surface area contributed by atoms with Crippen LogP contribution in [-0.2, 0) is 4.57 Å². The number of nitrogens with one attached hydrogen (secondary N) is 1. The molecule has 0 bridgehead atoms. The molecule has 46 valence electrons. The average molecular weight is 135 g/mol. The Bertz CT molecular complexity index is 102. The summed E-state index contributed by atoms with van der Waals surface area (Å²) in [6, 6.07) is 0. The maximum Gasteiger partial charge on any atom is 0.177 e.